The number of quaternary nitrogens is 1. The highest BCUT2D eigenvalue weighted by molar-refractivity contribution is 5.73. The molecule has 3 rings (SSSR count). The molecule has 0 radical (unpaired) electrons. The van der Waals surface area contributed by atoms with Crippen LogP contribution in [0.4, 0.5) is 0 Å². The maximum Gasteiger partial charge on any atom is 0.123 e. The van der Waals surface area contributed by atoms with Crippen molar-refractivity contribution < 1.29 is 9.59 Å². The molecule has 0 amide bonds. The Morgan fingerprint density at radius 3 is 2.58 bits per heavy atom. The van der Waals surface area contributed by atoms with Gasteiger partial charge in [0.15, 0.2) is 0 Å². The third-order valence-corrected chi connectivity index (χ3v) is 6.16. The van der Waals surface area contributed by atoms with E-state index >= 15 is 0 Å². The minimum absolute atomic E-state index is 0.395. The zero-order valence-corrected chi connectivity index (χ0v) is 16.7. The maximum absolute atomic E-state index is 10.5. The number of benzene rings is 2. The average molecular weight is 353 g/mol. The molecule has 1 unspecified atom stereocenters. The summed E-state index contributed by atoms with van der Waals surface area (Å²) in [6.45, 7) is 3.50. The molecule has 1 aliphatic heterocycles. The molecule has 2 aromatic carbocycles. The molecular weight excluding hydrogens is 318 g/mol. The smallest absolute Gasteiger partial charge is 0.123 e. The van der Waals surface area contributed by atoms with Crippen LogP contribution in [0.1, 0.15) is 50.2 Å². The SMILES string of the molecule is CCCc1ccc(O)c(-c2ccccc2CCC2CCCC[N+]2(C)C)c1. The standard InChI is InChI=1S/C24H33NO/c1-4-9-19-13-16-24(26)23(18-19)22-12-6-5-10-20(22)14-15-21-11-7-8-17-25(21,2)3/h5-6,10,12-13,16,18,21H,4,7-9,11,14-15,17H2,1-3H3/p+1. The fourth-order valence-electron chi connectivity index (χ4n) is 4.49. The van der Waals surface area contributed by atoms with Crippen LogP contribution in [0.15, 0.2) is 42.5 Å². The zero-order valence-electron chi connectivity index (χ0n) is 16.7. The van der Waals surface area contributed by atoms with Gasteiger partial charge in [0.1, 0.15) is 5.75 Å². The summed E-state index contributed by atoms with van der Waals surface area (Å²) in [4.78, 5) is 0. The first-order chi connectivity index (χ1) is 12.5. The molecule has 0 aliphatic carbocycles. The molecule has 0 aromatic heterocycles. The van der Waals surface area contributed by atoms with E-state index in [2.05, 4.69) is 51.4 Å². The van der Waals surface area contributed by atoms with Crippen molar-refractivity contribution in [3.8, 4) is 16.9 Å². The van der Waals surface area contributed by atoms with Crippen LogP contribution < -0.4 is 0 Å². The number of nitrogens with zero attached hydrogens (tertiary/aromatic N) is 1. The van der Waals surface area contributed by atoms with Gasteiger partial charge in [-0.15, -0.1) is 0 Å². The van der Waals surface area contributed by atoms with Gasteiger partial charge >= 0.3 is 0 Å². The summed E-state index contributed by atoms with van der Waals surface area (Å²) in [5.41, 5.74) is 4.86. The Bertz CT molecular complexity index is 735. The predicted octanol–water partition coefficient (Wildman–Crippen LogP) is 5.57. The normalized spacial score (nSPS) is 19.4. The Balaban J connectivity index is 1.84. The number of rotatable bonds is 6. The molecule has 2 heteroatoms. The summed E-state index contributed by atoms with van der Waals surface area (Å²) >= 11 is 0. The Morgan fingerprint density at radius 1 is 1.00 bits per heavy atom. The van der Waals surface area contributed by atoms with Crippen LogP contribution in [0.2, 0.25) is 0 Å². The predicted molar refractivity (Wildman–Crippen MR) is 110 cm³/mol. The van der Waals surface area contributed by atoms with Crippen molar-refractivity contribution in [3.05, 3.63) is 53.6 Å². The third-order valence-electron chi connectivity index (χ3n) is 6.16. The lowest BCUT2D eigenvalue weighted by molar-refractivity contribution is -0.920. The van der Waals surface area contributed by atoms with Crippen LogP contribution in [0.3, 0.4) is 0 Å². The minimum atomic E-state index is 0.395. The Labute approximate surface area is 159 Å². The van der Waals surface area contributed by atoms with Gasteiger partial charge in [0, 0.05) is 12.0 Å². The lowest BCUT2D eigenvalue weighted by Crippen LogP contribution is -2.51. The monoisotopic (exact) mass is 352 g/mol. The van der Waals surface area contributed by atoms with Gasteiger partial charge in [0.25, 0.3) is 0 Å². The molecule has 26 heavy (non-hydrogen) atoms. The van der Waals surface area contributed by atoms with Gasteiger partial charge in [0.05, 0.1) is 26.7 Å². The van der Waals surface area contributed by atoms with Crippen LogP contribution >= 0.6 is 0 Å². The molecule has 1 N–H and O–H groups in total. The molecule has 0 saturated carbocycles. The van der Waals surface area contributed by atoms with Gasteiger partial charge < -0.3 is 9.59 Å². The van der Waals surface area contributed by atoms with Crippen molar-refractivity contribution in [3.63, 3.8) is 0 Å². The third kappa shape index (κ3) is 4.29. The molecule has 0 spiro atoms. The minimum Gasteiger partial charge on any atom is -0.507 e. The van der Waals surface area contributed by atoms with Crippen molar-refractivity contribution in [2.45, 2.75) is 57.9 Å². The molecule has 140 valence electrons. The number of piperidine rings is 1. The summed E-state index contributed by atoms with van der Waals surface area (Å²) in [5, 5.41) is 10.5. The summed E-state index contributed by atoms with van der Waals surface area (Å²) in [7, 11) is 4.77. The number of hydrogen-bond acceptors (Lipinski definition) is 1. The first kappa shape index (κ1) is 19.0. The number of phenolic OH excluding ortho intramolecular Hbond substituents is 1. The highest BCUT2D eigenvalue weighted by Crippen LogP contribution is 2.34. The van der Waals surface area contributed by atoms with Gasteiger partial charge in [-0.25, -0.2) is 0 Å². The summed E-state index contributed by atoms with van der Waals surface area (Å²) in [6, 6.07) is 15.5. The summed E-state index contributed by atoms with van der Waals surface area (Å²) in [5.74, 6) is 0.395. The Hall–Kier alpha value is -1.80. The molecule has 1 heterocycles. The topological polar surface area (TPSA) is 20.2 Å². The van der Waals surface area contributed by atoms with E-state index in [1.54, 1.807) is 0 Å². The lowest BCUT2D eigenvalue weighted by atomic mass is 9.90. The van der Waals surface area contributed by atoms with E-state index in [0.717, 1.165) is 35.4 Å². The van der Waals surface area contributed by atoms with E-state index in [-0.39, 0.29) is 0 Å². The molecule has 1 aliphatic rings. The number of hydrogen-bond donors (Lipinski definition) is 1. The second-order valence-electron chi connectivity index (χ2n) is 8.45. The fourth-order valence-corrected chi connectivity index (χ4v) is 4.49. The van der Waals surface area contributed by atoms with Gasteiger partial charge in [-0.2, -0.15) is 0 Å². The van der Waals surface area contributed by atoms with Gasteiger partial charge in [-0.05, 0) is 60.9 Å². The Kier molecular flexibility index (Phi) is 6.03. The van der Waals surface area contributed by atoms with Crippen LogP contribution in [0.5, 0.6) is 5.75 Å². The van der Waals surface area contributed by atoms with Crippen molar-refractivity contribution in [2.75, 3.05) is 20.6 Å². The fraction of sp³-hybridized carbons (Fsp3) is 0.500. The van der Waals surface area contributed by atoms with E-state index in [4.69, 9.17) is 0 Å². The van der Waals surface area contributed by atoms with Gasteiger partial charge in [0.2, 0.25) is 0 Å². The van der Waals surface area contributed by atoms with Crippen molar-refractivity contribution >= 4 is 0 Å². The number of phenols is 1. The molecular formula is C24H34NO+. The van der Waals surface area contributed by atoms with Crippen molar-refractivity contribution in [1.29, 1.82) is 0 Å². The highest BCUT2D eigenvalue weighted by atomic mass is 16.3. The lowest BCUT2D eigenvalue weighted by Gasteiger charge is -2.42. The van der Waals surface area contributed by atoms with Crippen LogP contribution in [-0.2, 0) is 12.8 Å². The largest absolute Gasteiger partial charge is 0.507 e. The second-order valence-corrected chi connectivity index (χ2v) is 8.45. The second kappa shape index (κ2) is 8.26. The first-order valence-corrected chi connectivity index (χ1v) is 10.2. The van der Waals surface area contributed by atoms with Crippen LogP contribution in [0, 0.1) is 0 Å². The van der Waals surface area contributed by atoms with E-state index in [1.165, 1.54) is 48.9 Å². The van der Waals surface area contributed by atoms with Crippen molar-refractivity contribution in [1.82, 2.24) is 0 Å². The van der Waals surface area contributed by atoms with E-state index in [9.17, 15) is 5.11 Å². The number of aryl methyl sites for hydroxylation is 2. The first-order valence-electron chi connectivity index (χ1n) is 10.2. The van der Waals surface area contributed by atoms with Gasteiger partial charge in [-0.3, -0.25) is 0 Å². The van der Waals surface area contributed by atoms with Crippen molar-refractivity contribution in [2.24, 2.45) is 0 Å². The Morgan fingerprint density at radius 2 is 1.81 bits per heavy atom. The van der Waals surface area contributed by atoms with Crippen LogP contribution in [-0.4, -0.2) is 36.3 Å². The summed E-state index contributed by atoms with van der Waals surface area (Å²) < 4.78 is 1.15. The van der Waals surface area contributed by atoms with E-state index in [0.29, 0.717) is 5.75 Å². The zero-order chi connectivity index (χ0) is 18.6. The van der Waals surface area contributed by atoms with E-state index < -0.39 is 0 Å². The quantitative estimate of drug-likeness (QED) is 0.674. The maximum atomic E-state index is 10.5. The molecule has 2 aromatic rings. The number of likely N-dealkylation sites (tertiary alicyclic amines) is 1. The van der Waals surface area contributed by atoms with E-state index in [1.807, 2.05) is 12.1 Å². The van der Waals surface area contributed by atoms with Crippen LogP contribution in [0.25, 0.3) is 11.1 Å². The number of aromatic hydroxyl groups is 1. The van der Waals surface area contributed by atoms with Gasteiger partial charge in [-0.1, -0.05) is 43.7 Å². The molecule has 1 fully saturated rings. The average Bonchev–Trinajstić information content (AvgIpc) is 2.63. The molecule has 2 nitrogen and oxygen atoms in total. The highest BCUT2D eigenvalue weighted by Gasteiger charge is 2.31. The molecule has 1 saturated heterocycles. The molecule has 1 atom stereocenters. The molecule has 0 bridgehead atoms. The summed E-state index contributed by atoms with van der Waals surface area (Å²) in [6.07, 6.45) is 8.56.